The summed E-state index contributed by atoms with van der Waals surface area (Å²) in [6.45, 7) is 3.59. The molecule has 0 bridgehead atoms. The molecule has 2 fully saturated rings. The van der Waals surface area contributed by atoms with E-state index < -0.39 is 29.0 Å². The van der Waals surface area contributed by atoms with Gasteiger partial charge in [-0.15, -0.1) is 0 Å². The van der Waals surface area contributed by atoms with E-state index in [9.17, 15) is 23.1 Å². The lowest BCUT2D eigenvalue weighted by Crippen LogP contribution is -2.63. The van der Waals surface area contributed by atoms with E-state index in [2.05, 4.69) is 10.6 Å². The predicted molar refractivity (Wildman–Crippen MR) is 122 cm³/mol. The Balaban J connectivity index is 1.51. The molecule has 5 nitrogen and oxygen atoms in total. The summed E-state index contributed by atoms with van der Waals surface area (Å²) in [7, 11) is 0. The number of carbonyl (C=O) groups excluding carboxylic acids is 1. The molecule has 0 spiro atoms. The molecule has 0 radical (unpaired) electrons. The van der Waals surface area contributed by atoms with Crippen LogP contribution in [0.2, 0.25) is 0 Å². The van der Waals surface area contributed by atoms with Crippen LogP contribution in [0.4, 0.5) is 13.2 Å². The molecule has 2 aromatic rings. The van der Waals surface area contributed by atoms with E-state index in [0.717, 1.165) is 30.5 Å². The van der Waals surface area contributed by atoms with Crippen LogP contribution >= 0.6 is 0 Å². The predicted octanol–water partition coefficient (Wildman–Crippen LogP) is 4.38. The van der Waals surface area contributed by atoms with Gasteiger partial charge < -0.3 is 20.5 Å². The van der Waals surface area contributed by atoms with Gasteiger partial charge in [0.2, 0.25) is 0 Å². The molecule has 1 saturated carbocycles. The summed E-state index contributed by atoms with van der Waals surface area (Å²) in [6.07, 6.45) is -2.47. The number of β-amino-alcohol motifs (C(OH)–C–C–N with tert-alkyl or cyclic N) is 1. The third-order valence-electron chi connectivity index (χ3n) is 6.82. The van der Waals surface area contributed by atoms with Gasteiger partial charge in [0, 0.05) is 12.6 Å². The number of amides is 1. The Kier molecular flexibility index (Phi) is 6.77. The van der Waals surface area contributed by atoms with Crippen LogP contribution in [0.1, 0.15) is 61.0 Å². The summed E-state index contributed by atoms with van der Waals surface area (Å²) < 4.78 is 46.0. The molecule has 34 heavy (non-hydrogen) atoms. The van der Waals surface area contributed by atoms with Crippen LogP contribution in [0.15, 0.2) is 48.5 Å². The Hall–Kier alpha value is -2.42. The monoisotopic (exact) mass is 476 g/mol. The number of ether oxygens (including phenoxy) is 1. The second-order valence-corrected chi connectivity index (χ2v) is 9.66. The second kappa shape index (κ2) is 9.32. The molecule has 4 rings (SSSR count). The van der Waals surface area contributed by atoms with Crippen LogP contribution in [0.5, 0.6) is 0 Å². The van der Waals surface area contributed by atoms with Crippen LogP contribution in [-0.2, 0) is 21.2 Å². The molecule has 3 N–H and O–H groups in total. The first-order valence-corrected chi connectivity index (χ1v) is 11.7. The van der Waals surface area contributed by atoms with Crippen molar-refractivity contribution in [3.8, 4) is 0 Å². The molecule has 0 aromatic heterocycles. The van der Waals surface area contributed by atoms with Crippen molar-refractivity contribution in [1.29, 1.82) is 0 Å². The quantitative estimate of drug-likeness (QED) is 0.555. The lowest BCUT2D eigenvalue weighted by Gasteiger charge is -2.45. The number of hydrogen-bond donors (Lipinski definition) is 3. The Morgan fingerprint density at radius 2 is 1.91 bits per heavy atom. The SMILES string of the molecule is Cc1cc(C(C)OCC2(c3ccccc3)CCC(O)(C(=O)NC3CC3)CN2)cc(C(F)(F)F)c1. The summed E-state index contributed by atoms with van der Waals surface area (Å²) in [5.74, 6) is -0.363. The van der Waals surface area contributed by atoms with E-state index in [1.807, 2.05) is 30.3 Å². The molecular formula is C26H31F3N2O3. The highest BCUT2D eigenvalue weighted by Crippen LogP contribution is 2.37. The molecule has 1 aliphatic carbocycles. The van der Waals surface area contributed by atoms with Gasteiger partial charge in [0.15, 0.2) is 5.60 Å². The molecular weight excluding hydrogens is 445 g/mol. The minimum atomic E-state index is -4.43. The number of piperidine rings is 1. The van der Waals surface area contributed by atoms with Crippen molar-refractivity contribution < 1.29 is 27.8 Å². The van der Waals surface area contributed by atoms with Gasteiger partial charge >= 0.3 is 6.18 Å². The molecule has 1 amide bonds. The Morgan fingerprint density at radius 1 is 1.21 bits per heavy atom. The smallest absolute Gasteiger partial charge is 0.379 e. The van der Waals surface area contributed by atoms with E-state index >= 15 is 0 Å². The van der Waals surface area contributed by atoms with E-state index in [0.29, 0.717) is 17.5 Å². The van der Waals surface area contributed by atoms with Crippen molar-refractivity contribution in [1.82, 2.24) is 10.6 Å². The average molecular weight is 477 g/mol. The van der Waals surface area contributed by atoms with Gasteiger partial charge in [0.1, 0.15) is 0 Å². The molecule has 3 atom stereocenters. The number of hydrogen-bond acceptors (Lipinski definition) is 4. The molecule has 3 unspecified atom stereocenters. The molecule has 1 aliphatic heterocycles. The molecule has 1 heterocycles. The zero-order chi connectivity index (χ0) is 24.6. The third kappa shape index (κ3) is 5.45. The number of alkyl halides is 3. The van der Waals surface area contributed by atoms with Gasteiger partial charge in [-0.3, -0.25) is 4.79 Å². The zero-order valence-corrected chi connectivity index (χ0v) is 19.4. The topological polar surface area (TPSA) is 70.6 Å². The average Bonchev–Trinajstić information content (AvgIpc) is 3.62. The Labute approximate surface area is 197 Å². The van der Waals surface area contributed by atoms with Gasteiger partial charge in [-0.05, 0) is 62.8 Å². The number of aliphatic hydroxyl groups is 1. The van der Waals surface area contributed by atoms with E-state index in [1.165, 1.54) is 0 Å². The summed E-state index contributed by atoms with van der Waals surface area (Å²) in [5, 5.41) is 17.2. The van der Waals surface area contributed by atoms with Crippen molar-refractivity contribution in [3.63, 3.8) is 0 Å². The lowest BCUT2D eigenvalue weighted by atomic mass is 9.77. The maximum atomic E-state index is 13.3. The van der Waals surface area contributed by atoms with Crippen molar-refractivity contribution in [2.24, 2.45) is 0 Å². The third-order valence-corrected chi connectivity index (χ3v) is 6.82. The van der Waals surface area contributed by atoms with Crippen molar-refractivity contribution in [2.75, 3.05) is 13.2 Å². The van der Waals surface area contributed by atoms with Gasteiger partial charge in [-0.2, -0.15) is 13.2 Å². The fraction of sp³-hybridized carbons (Fsp3) is 0.500. The Morgan fingerprint density at radius 3 is 2.50 bits per heavy atom. The highest BCUT2D eigenvalue weighted by atomic mass is 19.4. The van der Waals surface area contributed by atoms with Gasteiger partial charge in [0.05, 0.1) is 23.8 Å². The first-order valence-electron chi connectivity index (χ1n) is 11.7. The van der Waals surface area contributed by atoms with Crippen LogP contribution in [-0.4, -0.2) is 35.8 Å². The standard InChI is InChI=1S/C26H31F3N2O3/c1-17-12-19(14-21(13-17)26(27,28)29)18(2)34-16-24(20-6-4-3-5-7-20)10-11-25(33,15-30-24)23(32)31-22-8-9-22/h3-7,12-14,18,22,30,33H,8-11,15-16H2,1-2H3,(H,31,32). The van der Waals surface area contributed by atoms with E-state index in [4.69, 9.17) is 4.74 Å². The Bertz CT molecular complexity index is 1010. The summed E-state index contributed by atoms with van der Waals surface area (Å²) in [4.78, 5) is 12.6. The number of benzene rings is 2. The van der Waals surface area contributed by atoms with Crippen LogP contribution in [0.25, 0.3) is 0 Å². The van der Waals surface area contributed by atoms with Crippen LogP contribution in [0.3, 0.4) is 0 Å². The highest BCUT2D eigenvalue weighted by Gasteiger charge is 2.47. The van der Waals surface area contributed by atoms with Crippen LogP contribution < -0.4 is 10.6 Å². The van der Waals surface area contributed by atoms with Crippen molar-refractivity contribution in [3.05, 3.63) is 70.8 Å². The maximum Gasteiger partial charge on any atom is 0.416 e. The minimum absolute atomic E-state index is 0.0564. The lowest BCUT2D eigenvalue weighted by molar-refractivity contribution is -0.145. The molecule has 184 valence electrons. The van der Waals surface area contributed by atoms with Gasteiger partial charge in [-0.25, -0.2) is 0 Å². The summed E-state index contributed by atoms with van der Waals surface area (Å²) >= 11 is 0. The maximum absolute atomic E-state index is 13.3. The first-order chi connectivity index (χ1) is 16.0. The molecule has 1 saturated heterocycles. The normalized spacial score (nSPS) is 26.2. The molecule has 8 heteroatoms. The number of nitrogens with one attached hydrogen (secondary N) is 2. The second-order valence-electron chi connectivity index (χ2n) is 9.66. The van der Waals surface area contributed by atoms with Crippen LogP contribution in [0, 0.1) is 6.92 Å². The number of rotatable bonds is 7. The number of aryl methyl sites for hydroxylation is 1. The zero-order valence-electron chi connectivity index (χ0n) is 19.4. The van der Waals surface area contributed by atoms with Gasteiger partial charge in [-0.1, -0.05) is 42.0 Å². The van der Waals surface area contributed by atoms with E-state index in [-0.39, 0.29) is 31.5 Å². The van der Waals surface area contributed by atoms with E-state index in [1.54, 1.807) is 19.9 Å². The molecule has 2 aromatic carbocycles. The molecule has 2 aliphatic rings. The first kappa shape index (κ1) is 24.7. The fourth-order valence-corrected chi connectivity index (χ4v) is 4.44. The number of halogens is 3. The fourth-order valence-electron chi connectivity index (χ4n) is 4.44. The highest BCUT2D eigenvalue weighted by molar-refractivity contribution is 5.86. The largest absolute Gasteiger partial charge is 0.416 e. The van der Waals surface area contributed by atoms with Crippen molar-refractivity contribution in [2.45, 2.75) is 69.0 Å². The summed E-state index contributed by atoms with van der Waals surface area (Å²) in [5.41, 5.74) is -0.985. The van der Waals surface area contributed by atoms with Crippen molar-refractivity contribution >= 4 is 5.91 Å². The number of carbonyl (C=O) groups is 1. The van der Waals surface area contributed by atoms with Gasteiger partial charge in [0.25, 0.3) is 5.91 Å². The minimum Gasteiger partial charge on any atom is -0.379 e. The summed E-state index contributed by atoms with van der Waals surface area (Å²) in [6, 6.07) is 13.7.